The summed E-state index contributed by atoms with van der Waals surface area (Å²) in [4.78, 5) is 26.3. The molecule has 92 valence electrons. The maximum atomic E-state index is 11.6. The molecule has 5 nitrogen and oxygen atoms in total. The number of aromatic nitrogens is 1. The summed E-state index contributed by atoms with van der Waals surface area (Å²) in [5, 5.41) is 11.4. The second-order valence-electron chi connectivity index (χ2n) is 3.78. The molecule has 0 unspecified atom stereocenters. The maximum absolute atomic E-state index is 11.6. The molecule has 1 aromatic heterocycles. The van der Waals surface area contributed by atoms with Gasteiger partial charge >= 0.3 is 5.97 Å². The Morgan fingerprint density at radius 2 is 2.06 bits per heavy atom. The monoisotopic (exact) mass is 236 g/mol. The van der Waals surface area contributed by atoms with Gasteiger partial charge in [-0.15, -0.1) is 0 Å². The van der Waals surface area contributed by atoms with Crippen LogP contribution in [0.5, 0.6) is 0 Å². The third-order valence-corrected chi connectivity index (χ3v) is 2.32. The van der Waals surface area contributed by atoms with Crippen molar-refractivity contribution in [1.82, 2.24) is 10.3 Å². The first-order chi connectivity index (χ1) is 8.13. The van der Waals surface area contributed by atoms with Gasteiger partial charge in [-0.05, 0) is 24.1 Å². The van der Waals surface area contributed by atoms with Crippen LogP contribution in [-0.4, -0.2) is 28.0 Å². The van der Waals surface area contributed by atoms with Crippen LogP contribution in [0.3, 0.4) is 0 Å². The van der Waals surface area contributed by atoms with Gasteiger partial charge < -0.3 is 10.4 Å². The van der Waals surface area contributed by atoms with Crippen molar-refractivity contribution in [3.05, 3.63) is 30.1 Å². The predicted octanol–water partition coefficient (Wildman–Crippen LogP) is 0.994. The molecule has 0 aromatic carbocycles. The molecule has 0 aliphatic heterocycles. The number of hydrogen-bond donors (Lipinski definition) is 2. The molecule has 0 radical (unpaired) electrons. The van der Waals surface area contributed by atoms with E-state index in [0.717, 1.165) is 5.56 Å². The molecule has 0 saturated heterocycles. The highest BCUT2D eigenvalue weighted by Gasteiger charge is 2.18. The van der Waals surface area contributed by atoms with Crippen molar-refractivity contribution in [2.45, 2.75) is 32.2 Å². The van der Waals surface area contributed by atoms with E-state index in [1.165, 1.54) is 0 Å². The van der Waals surface area contributed by atoms with Crippen molar-refractivity contribution in [3.63, 3.8) is 0 Å². The smallest absolute Gasteiger partial charge is 0.326 e. The normalized spacial score (nSPS) is 11.8. The van der Waals surface area contributed by atoms with Gasteiger partial charge in [0, 0.05) is 12.4 Å². The van der Waals surface area contributed by atoms with Crippen LogP contribution < -0.4 is 5.32 Å². The summed E-state index contributed by atoms with van der Waals surface area (Å²) in [5.41, 5.74) is 0.818. The number of carboxylic acids is 1. The SMILES string of the molecule is CCC[C@@H](NC(=O)Cc1ccncc1)C(=O)O. The lowest BCUT2D eigenvalue weighted by molar-refractivity contribution is -0.141. The Bertz CT molecular complexity index is 379. The van der Waals surface area contributed by atoms with Crippen molar-refractivity contribution in [2.24, 2.45) is 0 Å². The van der Waals surface area contributed by atoms with Crippen molar-refractivity contribution in [3.8, 4) is 0 Å². The number of hydrogen-bond acceptors (Lipinski definition) is 3. The lowest BCUT2D eigenvalue weighted by Gasteiger charge is -2.13. The molecule has 0 spiro atoms. The van der Waals surface area contributed by atoms with Crippen LogP contribution in [0.1, 0.15) is 25.3 Å². The second-order valence-corrected chi connectivity index (χ2v) is 3.78. The van der Waals surface area contributed by atoms with E-state index in [1.54, 1.807) is 24.5 Å². The van der Waals surface area contributed by atoms with Crippen LogP contribution in [0.4, 0.5) is 0 Å². The first kappa shape index (κ1) is 13.2. The van der Waals surface area contributed by atoms with Crippen molar-refractivity contribution < 1.29 is 14.7 Å². The van der Waals surface area contributed by atoms with Crippen molar-refractivity contribution >= 4 is 11.9 Å². The Labute approximate surface area is 99.9 Å². The average Bonchev–Trinajstić information content (AvgIpc) is 2.29. The molecule has 1 rings (SSSR count). The van der Waals surface area contributed by atoms with Gasteiger partial charge in [-0.25, -0.2) is 4.79 Å². The minimum absolute atomic E-state index is 0.177. The Balaban J connectivity index is 2.51. The molecule has 5 heteroatoms. The minimum Gasteiger partial charge on any atom is -0.480 e. The van der Waals surface area contributed by atoms with Crippen molar-refractivity contribution in [2.75, 3.05) is 0 Å². The largest absolute Gasteiger partial charge is 0.480 e. The molecule has 1 atom stereocenters. The summed E-state index contributed by atoms with van der Waals surface area (Å²) in [7, 11) is 0. The van der Waals surface area contributed by atoms with Crippen LogP contribution in [0.25, 0.3) is 0 Å². The molecule has 0 bridgehead atoms. The van der Waals surface area contributed by atoms with E-state index in [9.17, 15) is 9.59 Å². The minimum atomic E-state index is -0.991. The molecule has 1 heterocycles. The van der Waals surface area contributed by atoms with E-state index in [0.29, 0.717) is 12.8 Å². The second kappa shape index (κ2) is 6.62. The van der Waals surface area contributed by atoms with E-state index < -0.39 is 12.0 Å². The number of carbonyl (C=O) groups excluding carboxylic acids is 1. The van der Waals surface area contributed by atoms with Crippen LogP contribution in [0.15, 0.2) is 24.5 Å². The molecule has 17 heavy (non-hydrogen) atoms. The molecule has 0 aliphatic carbocycles. The van der Waals surface area contributed by atoms with Crippen LogP contribution in [0.2, 0.25) is 0 Å². The molecule has 0 fully saturated rings. The molecule has 0 saturated carbocycles. The summed E-state index contributed by atoms with van der Waals surface area (Å²) < 4.78 is 0. The average molecular weight is 236 g/mol. The highest BCUT2D eigenvalue weighted by Crippen LogP contribution is 2.00. The number of amides is 1. The number of carboxylic acid groups (broad SMARTS) is 1. The van der Waals surface area contributed by atoms with Gasteiger partial charge in [0.2, 0.25) is 5.91 Å². The number of nitrogens with zero attached hydrogens (tertiary/aromatic N) is 1. The maximum Gasteiger partial charge on any atom is 0.326 e. The Morgan fingerprint density at radius 1 is 1.41 bits per heavy atom. The highest BCUT2D eigenvalue weighted by molar-refractivity contribution is 5.84. The molecule has 0 aliphatic rings. The van der Waals surface area contributed by atoms with E-state index >= 15 is 0 Å². The topological polar surface area (TPSA) is 79.3 Å². The predicted molar refractivity (Wildman–Crippen MR) is 62.4 cm³/mol. The third-order valence-electron chi connectivity index (χ3n) is 2.32. The van der Waals surface area contributed by atoms with E-state index in [-0.39, 0.29) is 12.3 Å². The van der Waals surface area contributed by atoms with Crippen molar-refractivity contribution in [1.29, 1.82) is 0 Å². The zero-order valence-corrected chi connectivity index (χ0v) is 9.72. The molecule has 1 aromatic rings. The standard InChI is InChI=1S/C12H16N2O3/c1-2-3-10(12(16)17)14-11(15)8-9-4-6-13-7-5-9/h4-7,10H,2-3,8H2,1H3,(H,14,15)(H,16,17)/t10-/m1/s1. The summed E-state index contributed by atoms with van der Waals surface area (Å²) in [6, 6.07) is 2.67. The Morgan fingerprint density at radius 3 is 2.59 bits per heavy atom. The Hall–Kier alpha value is -1.91. The summed E-state index contributed by atoms with van der Waals surface area (Å²) in [5.74, 6) is -1.27. The van der Waals surface area contributed by atoms with E-state index in [2.05, 4.69) is 10.3 Å². The summed E-state index contributed by atoms with van der Waals surface area (Å²) in [6.45, 7) is 1.88. The third kappa shape index (κ3) is 4.63. The first-order valence-corrected chi connectivity index (χ1v) is 5.54. The first-order valence-electron chi connectivity index (χ1n) is 5.54. The molecular weight excluding hydrogens is 220 g/mol. The fourth-order valence-corrected chi connectivity index (χ4v) is 1.48. The lowest BCUT2D eigenvalue weighted by atomic mass is 10.1. The zero-order chi connectivity index (χ0) is 12.7. The van der Waals surface area contributed by atoms with Gasteiger partial charge in [-0.2, -0.15) is 0 Å². The summed E-state index contributed by atoms with van der Waals surface area (Å²) in [6.07, 6.45) is 4.53. The highest BCUT2D eigenvalue weighted by atomic mass is 16.4. The fourth-order valence-electron chi connectivity index (χ4n) is 1.48. The fraction of sp³-hybridized carbons (Fsp3) is 0.417. The molecule has 2 N–H and O–H groups in total. The van der Waals surface area contributed by atoms with E-state index in [1.807, 2.05) is 6.92 Å². The Kier molecular flexibility index (Phi) is 5.13. The number of nitrogens with one attached hydrogen (secondary N) is 1. The quantitative estimate of drug-likeness (QED) is 0.772. The summed E-state index contributed by atoms with van der Waals surface area (Å²) >= 11 is 0. The van der Waals surface area contributed by atoms with E-state index in [4.69, 9.17) is 5.11 Å². The molecular formula is C12H16N2O3. The van der Waals surface area contributed by atoms with Crippen LogP contribution in [0, 0.1) is 0 Å². The number of aliphatic carboxylic acids is 1. The number of carbonyl (C=O) groups is 2. The number of pyridine rings is 1. The molecule has 1 amide bonds. The van der Waals surface area contributed by atoms with Crippen LogP contribution in [-0.2, 0) is 16.0 Å². The van der Waals surface area contributed by atoms with Crippen LogP contribution >= 0.6 is 0 Å². The van der Waals surface area contributed by atoms with Gasteiger partial charge in [0.1, 0.15) is 6.04 Å². The van der Waals surface area contributed by atoms with Gasteiger partial charge in [-0.3, -0.25) is 9.78 Å². The lowest BCUT2D eigenvalue weighted by Crippen LogP contribution is -2.41. The van der Waals surface area contributed by atoms with Gasteiger partial charge in [-0.1, -0.05) is 13.3 Å². The van der Waals surface area contributed by atoms with Gasteiger partial charge in [0.25, 0.3) is 0 Å². The van der Waals surface area contributed by atoms with Gasteiger partial charge in [0.15, 0.2) is 0 Å². The van der Waals surface area contributed by atoms with Gasteiger partial charge in [0.05, 0.1) is 6.42 Å². The zero-order valence-electron chi connectivity index (χ0n) is 9.72. The number of rotatable bonds is 6.